The van der Waals surface area contributed by atoms with Gasteiger partial charge in [-0.1, -0.05) is 12.8 Å². The number of anilines is 2. The Morgan fingerprint density at radius 3 is 2.73 bits per heavy atom. The lowest BCUT2D eigenvalue weighted by Gasteiger charge is -2.26. The van der Waals surface area contributed by atoms with E-state index in [4.69, 9.17) is 5.73 Å². The van der Waals surface area contributed by atoms with Gasteiger partial charge in [0.1, 0.15) is 5.56 Å². The largest absolute Gasteiger partial charge is 0.365 e. The molecule has 2 atom stereocenters. The van der Waals surface area contributed by atoms with Crippen LogP contribution in [0.2, 0.25) is 0 Å². The smallest absolute Gasteiger partial charge is 0.254 e. The van der Waals surface area contributed by atoms with E-state index >= 15 is 0 Å². The fraction of sp³-hybridized carbons (Fsp3) is 0.474. The zero-order valence-electron chi connectivity index (χ0n) is 14.6. The summed E-state index contributed by atoms with van der Waals surface area (Å²) < 4.78 is 1.74. The Labute approximate surface area is 152 Å². The second-order valence-corrected chi connectivity index (χ2v) is 7.19. The highest BCUT2D eigenvalue weighted by molar-refractivity contribution is 5.98. The molecule has 2 aromatic rings. The van der Waals surface area contributed by atoms with E-state index in [1.54, 1.807) is 17.1 Å². The molecule has 26 heavy (non-hydrogen) atoms. The normalized spacial score (nSPS) is 22.6. The minimum Gasteiger partial charge on any atom is -0.365 e. The number of pyridine rings is 1. The zero-order valence-corrected chi connectivity index (χ0v) is 14.6. The van der Waals surface area contributed by atoms with Gasteiger partial charge >= 0.3 is 0 Å². The van der Waals surface area contributed by atoms with Crippen LogP contribution in [0.15, 0.2) is 24.5 Å². The molecule has 7 heteroatoms. The average Bonchev–Trinajstić information content (AvgIpc) is 3.42. The van der Waals surface area contributed by atoms with Crippen LogP contribution in [0, 0.1) is 17.2 Å². The zero-order chi connectivity index (χ0) is 18.1. The maximum atomic E-state index is 11.9. The van der Waals surface area contributed by atoms with Crippen molar-refractivity contribution in [3.05, 3.63) is 35.8 Å². The summed E-state index contributed by atoms with van der Waals surface area (Å²) in [4.78, 5) is 16.3. The summed E-state index contributed by atoms with van der Waals surface area (Å²) in [6, 6.07) is 6.31. The van der Waals surface area contributed by atoms with Gasteiger partial charge in [-0.15, -0.1) is 0 Å². The van der Waals surface area contributed by atoms with Crippen LogP contribution in [0.4, 0.5) is 11.5 Å². The third-order valence-corrected chi connectivity index (χ3v) is 5.28. The number of nitrogens with one attached hydrogen (secondary N) is 1. The Hall–Kier alpha value is -2.88. The van der Waals surface area contributed by atoms with E-state index in [9.17, 15) is 10.1 Å². The minimum atomic E-state index is -0.536. The Kier molecular flexibility index (Phi) is 4.33. The number of carbonyl (C=O) groups is 1. The summed E-state index contributed by atoms with van der Waals surface area (Å²) in [7, 11) is 0. The quantitative estimate of drug-likeness (QED) is 0.860. The van der Waals surface area contributed by atoms with Crippen molar-refractivity contribution < 1.29 is 4.79 Å². The third kappa shape index (κ3) is 3.27. The van der Waals surface area contributed by atoms with E-state index in [0.29, 0.717) is 17.3 Å². The molecule has 2 aliphatic carbocycles. The number of aromatic nitrogens is 3. The van der Waals surface area contributed by atoms with Crippen molar-refractivity contribution in [2.45, 2.75) is 50.5 Å². The second-order valence-electron chi connectivity index (χ2n) is 7.19. The summed E-state index contributed by atoms with van der Waals surface area (Å²) in [5.41, 5.74) is 7.74. The summed E-state index contributed by atoms with van der Waals surface area (Å²) in [6.07, 6.45) is 9.70. The molecular formula is C19H22N6O. The van der Waals surface area contributed by atoms with Gasteiger partial charge < -0.3 is 11.1 Å². The van der Waals surface area contributed by atoms with Crippen molar-refractivity contribution in [1.82, 2.24) is 14.8 Å². The molecule has 2 fully saturated rings. The molecule has 3 N–H and O–H groups in total. The Morgan fingerprint density at radius 2 is 2.08 bits per heavy atom. The summed E-state index contributed by atoms with van der Waals surface area (Å²) in [5, 5.41) is 17.1. The maximum absolute atomic E-state index is 11.9. The summed E-state index contributed by atoms with van der Waals surface area (Å²) >= 11 is 0. The number of primary amides is 1. The molecule has 0 bridgehead atoms. The molecule has 2 heterocycles. The number of nitriles is 1. The fourth-order valence-electron chi connectivity index (χ4n) is 3.65. The molecule has 2 aliphatic rings. The first kappa shape index (κ1) is 16.6. The van der Waals surface area contributed by atoms with Crippen molar-refractivity contribution in [2.75, 3.05) is 5.32 Å². The van der Waals surface area contributed by atoms with Crippen LogP contribution in [0.3, 0.4) is 0 Å². The lowest BCUT2D eigenvalue weighted by Crippen LogP contribution is -2.22. The number of nitrogens with zero attached hydrogens (tertiary/aromatic N) is 4. The Morgan fingerprint density at radius 1 is 1.27 bits per heavy atom. The highest BCUT2D eigenvalue weighted by Crippen LogP contribution is 2.39. The molecule has 4 rings (SSSR count). The van der Waals surface area contributed by atoms with Gasteiger partial charge in [0.25, 0.3) is 5.91 Å². The second kappa shape index (κ2) is 6.79. The third-order valence-electron chi connectivity index (χ3n) is 5.28. The van der Waals surface area contributed by atoms with Gasteiger partial charge in [-0.25, -0.2) is 0 Å². The molecule has 7 nitrogen and oxygen atoms in total. The first-order chi connectivity index (χ1) is 12.7. The highest BCUT2D eigenvalue weighted by Gasteiger charge is 2.29. The molecule has 0 spiro atoms. The van der Waals surface area contributed by atoms with Gasteiger partial charge in [-0.3, -0.25) is 14.5 Å². The molecule has 0 radical (unpaired) electrons. The molecule has 2 saturated carbocycles. The Balaban J connectivity index is 1.59. The first-order valence-corrected chi connectivity index (χ1v) is 9.17. The van der Waals surface area contributed by atoms with Crippen LogP contribution in [-0.2, 0) is 0 Å². The molecule has 0 aliphatic heterocycles. The van der Waals surface area contributed by atoms with Gasteiger partial charge in [-0.05, 0) is 37.8 Å². The standard InChI is InChI=1S/C19H22N6O/c20-9-13-3-1-2-4-17(13)25-11-15(18(21)26)19(24-25)23-14-7-8-16(22-10-14)12-5-6-12/h7-8,10-13,17H,1-6H2,(H2,21,26)(H,23,24). The van der Waals surface area contributed by atoms with Gasteiger partial charge in [0, 0.05) is 17.8 Å². The average molecular weight is 350 g/mol. The topological polar surface area (TPSA) is 110 Å². The molecule has 1 amide bonds. The summed E-state index contributed by atoms with van der Waals surface area (Å²) in [6.45, 7) is 0. The first-order valence-electron chi connectivity index (χ1n) is 9.17. The van der Waals surface area contributed by atoms with E-state index in [0.717, 1.165) is 37.1 Å². The number of nitrogens with two attached hydrogens (primary N) is 1. The van der Waals surface area contributed by atoms with Crippen LogP contribution < -0.4 is 11.1 Å². The van der Waals surface area contributed by atoms with Crippen molar-refractivity contribution in [3.8, 4) is 6.07 Å². The lowest BCUT2D eigenvalue weighted by molar-refractivity contribution is 0.100. The van der Waals surface area contributed by atoms with Gasteiger partial charge in [0.05, 0.1) is 29.9 Å². The van der Waals surface area contributed by atoms with Crippen LogP contribution in [-0.4, -0.2) is 20.7 Å². The molecule has 134 valence electrons. The van der Waals surface area contributed by atoms with E-state index in [2.05, 4.69) is 21.5 Å². The van der Waals surface area contributed by atoms with Crippen LogP contribution >= 0.6 is 0 Å². The van der Waals surface area contributed by atoms with Crippen LogP contribution in [0.5, 0.6) is 0 Å². The monoisotopic (exact) mass is 350 g/mol. The van der Waals surface area contributed by atoms with Crippen molar-refractivity contribution >= 4 is 17.4 Å². The lowest BCUT2D eigenvalue weighted by atomic mass is 9.85. The van der Waals surface area contributed by atoms with Gasteiger partial charge in [0.2, 0.25) is 0 Å². The van der Waals surface area contributed by atoms with E-state index < -0.39 is 5.91 Å². The molecule has 2 aromatic heterocycles. The number of hydrogen-bond acceptors (Lipinski definition) is 5. The van der Waals surface area contributed by atoms with Crippen molar-refractivity contribution in [3.63, 3.8) is 0 Å². The number of carbonyl (C=O) groups excluding carboxylic acids is 1. The van der Waals surface area contributed by atoms with Crippen LogP contribution in [0.1, 0.15) is 66.5 Å². The Bertz CT molecular complexity index is 846. The van der Waals surface area contributed by atoms with E-state index in [1.807, 2.05) is 12.1 Å². The number of rotatable bonds is 5. The number of amides is 1. The predicted molar refractivity (Wildman–Crippen MR) is 96.8 cm³/mol. The fourth-order valence-corrected chi connectivity index (χ4v) is 3.65. The number of hydrogen-bond donors (Lipinski definition) is 2. The maximum Gasteiger partial charge on any atom is 0.254 e. The van der Waals surface area contributed by atoms with Crippen molar-refractivity contribution in [1.29, 1.82) is 5.26 Å². The van der Waals surface area contributed by atoms with Gasteiger partial charge in [0.15, 0.2) is 5.82 Å². The van der Waals surface area contributed by atoms with Gasteiger partial charge in [-0.2, -0.15) is 10.4 Å². The summed E-state index contributed by atoms with van der Waals surface area (Å²) in [5.74, 6) is 0.390. The van der Waals surface area contributed by atoms with E-state index in [-0.39, 0.29) is 12.0 Å². The van der Waals surface area contributed by atoms with E-state index in [1.165, 1.54) is 12.8 Å². The highest BCUT2D eigenvalue weighted by atomic mass is 16.1. The van der Waals surface area contributed by atoms with Crippen molar-refractivity contribution in [2.24, 2.45) is 11.7 Å². The minimum absolute atomic E-state index is 0.0160. The molecular weight excluding hydrogens is 328 g/mol. The SMILES string of the molecule is N#CC1CCCCC1n1cc(C(N)=O)c(Nc2ccc(C3CC3)nc2)n1. The molecule has 0 aromatic carbocycles. The predicted octanol–water partition coefficient (Wildman–Crippen LogP) is 3.25. The van der Waals surface area contributed by atoms with Crippen LogP contribution in [0.25, 0.3) is 0 Å². The molecule has 2 unspecified atom stereocenters. The molecule has 0 saturated heterocycles.